The van der Waals surface area contributed by atoms with Crippen molar-refractivity contribution in [1.29, 1.82) is 0 Å². The molecule has 0 aliphatic rings. The molecule has 0 aliphatic carbocycles. The summed E-state index contributed by atoms with van der Waals surface area (Å²) in [7, 11) is 2.14. The third-order valence-corrected chi connectivity index (χ3v) is 3.21. The van der Waals surface area contributed by atoms with E-state index in [1.54, 1.807) is 0 Å². The molecule has 116 valence electrons. The Morgan fingerprint density at radius 1 is 1.14 bits per heavy atom. The van der Waals surface area contributed by atoms with Crippen LogP contribution in [0.2, 0.25) is 0 Å². The lowest BCUT2D eigenvalue weighted by Gasteiger charge is -2.16. The first-order valence-corrected chi connectivity index (χ1v) is 7.77. The van der Waals surface area contributed by atoms with Crippen molar-refractivity contribution in [2.75, 3.05) is 33.4 Å². The predicted molar refractivity (Wildman–Crippen MR) is 87.5 cm³/mol. The Labute approximate surface area is 128 Å². The molecule has 3 heteroatoms. The van der Waals surface area contributed by atoms with Gasteiger partial charge in [-0.1, -0.05) is 31.6 Å². The van der Waals surface area contributed by atoms with Gasteiger partial charge >= 0.3 is 0 Å². The van der Waals surface area contributed by atoms with Gasteiger partial charge in [0.15, 0.2) is 0 Å². The molecule has 0 bridgehead atoms. The van der Waals surface area contributed by atoms with Gasteiger partial charge in [-0.3, -0.25) is 0 Å². The predicted octanol–water partition coefficient (Wildman–Crippen LogP) is 2.92. The summed E-state index contributed by atoms with van der Waals surface area (Å²) in [4.78, 5) is 2.31. The molecule has 0 saturated carbocycles. The van der Waals surface area contributed by atoms with E-state index in [0.29, 0.717) is 13.0 Å². The van der Waals surface area contributed by atoms with Crippen molar-refractivity contribution < 1.29 is 9.84 Å². The highest BCUT2D eigenvalue weighted by molar-refractivity contribution is 5.38. The molecule has 1 rings (SSSR count). The number of hydrogen-bond donors (Lipinski definition) is 1. The van der Waals surface area contributed by atoms with Crippen LogP contribution in [0.1, 0.15) is 38.2 Å². The standard InChI is InChI=1S/C18H27NO2/c1-3-4-6-13-19(2)14-16-21-18-11-9-17(10-12-18)8-5-7-15-20/h9-12,20H,3-4,6-7,13-16H2,1-2H3. The van der Waals surface area contributed by atoms with E-state index in [1.807, 2.05) is 24.3 Å². The Balaban J connectivity index is 2.25. The van der Waals surface area contributed by atoms with Gasteiger partial charge in [0.25, 0.3) is 0 Å². The van der Waals surface area contributed by atoms with E-state index >= 15 is 0 Å². The zero-order valence-electron chi connectivity index (χ0n) is 13.3. The first kappa shape index (κ1) is 17.6. The van der Waals surface area contributed by atoms with E-state index in [-0.39, 0.29) is 6.61 Å². The quantitative estimate of drug-likeness (QED) is 0.560. The number of rotatable bonds is 9. The Hall–Kier alpha value is -1.50. The smallest absolute Gasteiger partial charge is 0.119 e. The third kappa shape index (κ3) is 8.39. The van der Waals surface area contributed by atoms with Gasteiger partial charge in [0.1, 0.15) is 12.4 Å². The number of ether oxygens (including phenoxy) is 1. The highest BCUT2D eigenvalue weighted by atomic mass is 16.5. The molecule has 1 aromatic carbocycles. The number of unbranched alkanes of at least 4 members (excludes halogenated alkanes) is 2. The lowest BCUT2D eigenvalue weighted by molar-refractivity contribution is 0.235. The molecule has 1 aromatic rings. The Morgan fingerprint density at radius 3 is 2.57 bits per heavy atom. The fourth-order valence-electron chi connectivity index (χ4n) is 1.92. The summed E-state index contributed by atoms with van der Waals surface area (Å²) in [5.74, 6) is 6.79. The Bertz CT molecular complexity index is 431. The summed E-state index contributed by atoms with van der Waals surface area (Å²) in [6.45, 7) is 5.12. The van der Waals surface area contributed by atoms with Gasteiger partial charge in [-0.25, -0.2) is 0 Å². The normalized spacial score (nSPS) is 10.3. The molecule has 0 aromatic heterocycles. The van der Waals surface area contributed by atoms with Crippen LogP contribution in [0.4, 0.5) is 0 Å². The molecule has 3 nitrogen and oxygen atoms in total. The Kier molecular flexibility index (Phi) is 9.35. The molecule has 0 unspecified atom stereocenters. The molecular weight excluding hydrogens is 262 g/mol. The summed E-state index contributed by atoms with van der Waals surface area (Å²) >= 11 is 0. The molecule has 0 atom stereocenters. The number of aliphatic hydroxyl groups is 1. The average molecular weight is 289 g/mol. The van der Waals surface area contributed by atoms with E-state index in [4.69, 9.17) is 9.84 Å². The number of likely N-dealkylation sites (N-methyl/N-ethyl adjacent to an activating group) is 1. The number of hydrogen-bond acceptors (Lipinski definition) is 3. The van der Waals surface area contributed by atoms with Gasteiger partial charge in [-0.15, -0.1) is 0 Å². The molecule has 0 heterocycles. The van der Waals surface area contributed by atoms with Crippen LogP contribution in [0.5, 0.6) is 5.75 Å². The minimum Gasteiger partial charge on any atom is -0.492 e. The SMILES string of the molecule is CCCCCN(C)CCOc1ccc(C#CCCO)cc1. The second-order valence-corrected chi connectivity index (χ2v) is 5.16. The monoisotopic (exact) mass is 289 g/mol. The van der Waals surface area contributed by atoms with E-state index in [0.717, 1.165) is 24.4 Å². The lowest BCUT2D eigenvalue weighted by atomic mass is 10.2. The maximum Gasteiger partial charge on any atom is 0.119 e. The summed E-state index contributed by atoms with van der Waals surface area (Å²) in [6.07, 6.45) is 4.33. The highest BCUT2D eigenvalue weighted by Crippen LogP contribution is 2.11. The van der Waals surface area contributed by atoms with Crippen LogP contribution in [-0.2, 0) is 0 Å². The van der Waals surface area contributed by atoms with Gasteiger partial charge < -0.3 is 14.7 Å². The second kappa shape index (κ2) is 11.2. The number of nitrogens with zero attached hydrogens (tertiary/aromatic N) is 1. The minimum absolute atomic E-state index is 0.111. The fraction of sp³-hybridized carbons (Fsp3) is 0.556. The molecule has 21 heavy (non-hydrogen) atoms. The van der Waals surface area contributed by atoms with E-state index in [1.165, 1.54) is 19.3 Å². The summed E-state index contributed by atoms with van der Waals surface area (Å²) < 4.78 is 5.73. The third-order valence-electron chi connectivity index (χ3n) is 3.21. The average Bonchev–Trinajstić information content (AvgIpc) is 2.49. The molecular formula is C18H27NO2. The van der Waals surface area contributed by atoms with Crippen LogP contribution in [0.25, 0.3) is 0 Å². The topological polar surface area (TPSA) is 32.7 Å². The van der Waals surface area contributed by atoms with Crippen LogP contribution in [0, 0.1) is 11.8 Å². The molecule has 1 N–H and O–H groups in total. The van der Waals surface area contributed by atoms with Crippen molar-refractivity contribution in [3.63, 3.8) is 0 Å². The number of benzene rings is 1. The molecule has 0 fully saturated rings. The van der Waals surface area contributed by atoms with Crippen molar-refractivity contribution in [3.8, 4) is 17.6 Å². The summed E-state index contributed by atoms with van der Waals surface area (Å²) in [5.41, 5.74) is 0.951. The molecule has 0 aliphatic heterocycles. The highest BCUT2D eigenvalue weighted by Gasteiger charge is 1.99. The van der Waals surface area contributed by atoms with Crippen molar-refractivity contribution in [1.82, 2.24) is 4.90 Å². The Morgan fingerprint density at radius 2 is 1.90 bits per heavy atom. The van der Waals surface area contributed by atoms with Gasteiger partial charge in [-0.2, -0.15) is 0 Å². The lowest BCUT2D eigenvalue weighted by Crippen LogP contribution is -2.25. The second-order valence-electron chi connectivity index (χ2n) is 5.16. The van der Waals surface area contributed by atoms with Crippen molar-refractivity contribution in [3.05, 3.63) is 29.8 Å². The minimum atomic E-state index is 0.111. The zero-order valence-corrected chi connectivity index (χ0v) is 13.3. The van der Waals surface area contributed by atoms with Crippen LogP contribution in [-0.4, -0.2) is 43.4 Å². The molecule has 0 radical (unpaired) electrons. The summed E-state index contributed by atoms with van der Waals surface area (Å²) in [6, 6.07) is 7.79. The van der Waals surface area contributed by atoms with E-state index < -0.39 is 0 Å². The first-order valence-electron chi connectivity index (χ1n) is 7.77. The maximum absolute atomic E-state index is 8.67. The van der Waals surface area contributed by atoms with Crippen LogP contribution >= 0.6 is 0 Å². The molecule has 0 saturated heterocycles. The van der Waals surface area contributed by atoms with Gasteiger partial charge in [0, 0.05) is 18.5 Å². The van der Waals surface area contributed by atoms with E-state index in [2.05, 4.69) is 30.7 Å². The first-order chi connectivity index (χ1) is 10.3. The molecule has 0 amide bonds. The van der Waals surface area contributed by atoms with Gasteiger partial charge in [0.05, 0.1) is 6.61 Å². The van der Waals surface area contributed by atoms with Crippen LogP contribution in [0.3, 0.4) is 0 Å². The van der Waals surface area contributed by atoms with Gasteiger partial charge in [-0.05, 0) is 44.3 Å². The van der Waals surface area contributed by atoms with E-state index in [9.17, 15) is 0 Å². The van der Waals surface area contributed by atoms with Crippen molar-refractivity contribution in [2.24, 2.45) is 0 Å². The largest absolute Gasteiger partial charge is 0.492 e. The summed E-state index contributed by atoms with van der Waals surface area (Å²) in [5, 5.41) is 8.67. The maximum atomic E-state index is 8.67. The fourth-order valence-corrected chi connectivity index (χ4v) is 1.92. The van der Waals surface area contributed by atoms with Crippen LogP contribution in [0.15, 0.2) is 24.3 Å². The molecule has 0 spiro atoms. The van der Waals surface area contributed by atoms with Crippen molar-refractivity contribution >= 4 is 0 Å². The van der Waals surface area contributed by atoms with Crippen molar-refractivity contribution in [2.45, 2.75) is 32.6 Å². The van der Waals surface area contributed by atoms with Crippen LogP contribution < -0.4 is 4.74 Å². The van der Waals surface area contributed by atoms with Gasteiger partial charge in [0.2, 0.25) is 0 Å². The zero-order chi connectivity index (χ0) is 15.3. The number of aliphatic hydroxyl groups excluding tert-OH is 1.